The highest BCUT2D eigenvalue weighted by Gasteiger charge is 2.70. The molecule has 0 aliphatic heterocycles. The van der Waals surface area contributed by atoms with Gasteiger partial charge in [-0.05, 0) is 117 Å². The van der Waals surface area contributed by atoms with E-state index in [9.17, 15) is 5.21 Å². The summed E-state index contributed by atoms with van der Waals surface area (Å²) in [5, 5.41) is 22.0. The van der Waals surface area contributed by atoms with Gasteiger partial charge in [0.2, 0.25) is 0 Å². The lowest BCUT2D eigenvalue weighted by atomic mass is 9.32. The first-order valence-corrected chi connectivity index (χ1v) is 13.8. The third-order valence-corrected chi connectivity index (χ3v) is 13.3. The smallest absolute Gasteiger partial charge is 0.0630 e. The van der Waals surface area contributed by atoms with Crippen molar-refractivity contribution in [1.82, 2.24) is 0 Å². The van der Waals surface area contributed by atoms with Crippen molar-refractivity contribution in [2.45, 2.75) is 106 Å². The first-order chi connectivity index (χ1) is 15.4. The molecule has 33 heavy (non-hydrogen) atoms. The number of fused-ring (bicyclic) bond motifs is 7. The third kappa shape index (κ3) is 2.74. The van der Waals surface area contributed by atoms with Crippen LogP contribution in [-0.2, 0) is 0 Å². The van der Waals surface area contributed by atoms with Crippen molar-refractivity contribution in [3.05, 3.63) is 12.2 Å². The molecule has 5 unspecified atom stereocenters. The second-order valence-corrected chi connectivity index (χ2v) is 14.3. The Hall–Kier alpha value is -1.12. The van der Waals surface area contributed by atoms with Gasteiger partial charge in [0.15, 0.2) is 0 Å². The van der Waals surface area contributed by atoms with E-state index in [1.165, 1.54) is 63.4 Å². The zero-order valence-electron chi connectivity index (χ0n) is 22.1. The van der Waals surface area contributed by atoms with E-state index in [2.05, 4.69) is 53.3 Å². The lowest BCUT2D eigenvalue weighted by molar-refractivity contribution is -0.222. The van der Waals surface area contributed by atoms with Crippen LogP contribution in [-0.4, -0.2) is 17.1 Å². The second kappa shape index (κ2) is 7.20. The topological polar surface area (TPSA) is 56.4 Å². The summed E-state index contributed by atoms with van der Waals surface area (Å²) in [4.78, 5) is 0. The van der Waals surface area contributed by atoms with Crippen molar-refractivity contribution in [3.63, 3.8) is 0 Å². The predicted molar refractivity (Wildman–Crippen MR) is 137 cm³/mol. The van der Waals surface area contributed by atoms with E-state index >= 15 is 0 Å². The van der Waals surface area contributed by atoms with Crippen LogP contribution in [0.1, 0.15) is 106 Å². The molecule has 0 heterocycles. The minimum absolute atomic E-state index is 0.0147. The van der Waals surface area contributed by atoms with Crippen LogP contribution in [0.4, 0.5) is 0 Å². The molecular formula is C30H48N2O. The molecule has 0 amide bonds. The molecule has 2 N–H and O–H groups in total. The van der Waals surface area contributed by atoms with Crippen LogP contribution in [0.25, 0.3) is 0 Å². The molecule has 0 saturated heterocycles. The van der Waals surface area contributed by atoms with Gasteiger partial charge in [0.05, 0.1) is 5.71 Å². The van der Waals surface area contributed by atoms with Gasteiger partial charge < -0.3 is 10.6 Å². The van der Waals surface area contributed by atoms with Crippen molar-refractivity contribution in [2.75, 3.05) is 0 Å². The number of allylic oxidation sites excluding steroid dienone is 1. The van der Waals surface area contributed by atoms with Gasteiger partial charge in [0.25, 0.3) is 0 Å². The lowest BCUT2D eigenvalue weighted by Gasteiger charge is -2.72. The maximum Gasteiger partial charge on any atom is 0.0630 e. The van der Waals surface area contributed by atoms with Gasteiger partial charge in [-0.15, -0.1) is 0 Å². The van der Waals surface area contributed by atoms with E-state index in [4.69, 9.17) is 5.41 Å². The van der Waals surface area contributed by atoms with E-state index in [-0.39, 0.29) is 10.8 Å². The summed E-state index contributed by atoms with van der Waals surface area (Å²) >= 11 is 0. The minimum atomic E-state index is -0.0147. The van der Waals surface area contributed by atoms with E-state index in [1.807, 2.05) is 6.21 Å². The van der Waals surface area contributed by atoms with Crippen molar-refractivity contribution in [2.24, 2.45) is 61.8 Å². The SMILES string of the molecule is C=C(C)C1CC[C@]2(C=N)CC[C@]3(C)C(CCC4[C@@]5(C)CC/C(=N\O)C(C)(C)C5CC[C@]43C)C12. The number of nitrogens with zero attached hydrogens (tertiary/aromatic N) is 1. The Bertz CT molecular complexity index is 890. The number of nitrogens with one attached hydrogen (secondary N) is 1. The molecule has 0 radical (unpaired) electrons. The van der Waals surface area contributed by atoms with Crippen molar-refractivity contribution < 1.29 is 5.21 Å². The molecule has 5 aliphatic rings. The largest absolute Gasteiger partial charge is 0.411 e. The number of hydrogen-bond donors (Lipinski definition) is 2. The summed E-state index contributed by atoms with van der Waals surface area (Å²) < 4.78 is 0. The molecule has 0 aromatic carbocycles. The first kappa shape index (κ1) is 23.6. The molecule has 5 fully saturated rings. The fraction of sp³-hybridized carbons (Fsp3) is 0.867. The summed E-state index contributed by atoms with van der Waals surface area (Å²) in [5.41, 5.74) is 3.50. The summed E-state index contributed by atoms with van der Waals surface area (Å²) in [6, 6.07) is 0. The Morgan fingerprint density at radius 2 is 1.67 bits per heavy atom. The molecule has 3 nitrogen and oxygen atoms in total. The molecule has 5 rings (SSSR count). The second-order valence-electron chi connectivity index (χ2n) is 14.3. The van der Waals surface area contributed by atoms with Crippen LogP contribution >= 0.6 is 0 Å². The van der Waals surface area contributed by atoms with E-state index in [1.54, 1.807) is 0 Å². The highest BCUT2D eigenvalue weighted by molar-refractivity contribution is 5.90. The van der Waals surface area contributed by atoms with E-state index in [0.29, 0.717) is 39.9 Å². The molecule has 9 atom stereocenters. The zero-order valence-corrected chi connectivity index (χ0v) is 22.1. The van der Waals surface area contributed by atoms with Crippen molar-refractivity contribution in [1.29, 1.82) is 5.41 Å². The fourth-order valence-corrected chi connectivity index (χ4v) is 11.4. The molecular weight excluding hydrogens is 404 g/mol. The van der Waals surface area contributed by atoms with Gasteiger partial charge in [0.1, 0.15) is 0 Å². The summed E-state index contributed by atoms with van der Waals surface area (Å²) in [5.74, 6) is 3.26. The van der Waals surface area contributed by atoms with Crippen LogP contribution in [0, 0.1) is 62.1 Å². The summed E-state index contributed by atoms with van der Waals surface area (Å²) in [6.07, 6.45) is 14.1. The van der Waals surface area contributed by atoms with Crippen molar-refractivity contribution >= 4 is 11.9 Å². The standard InChI is InChI=1S/C30H48N2O/c1-19(2)20-10-15-30(18-31)17-16-28(6)21(25(20)30)8-9-23-27(5)13-12-24(32-33)26(3,4)22(27)11-14-29(23,28)7/h18,20-23,25,31,33H,1,8-17H2,2-7H3/b31-18?,32-24+/t20?,21?,22?,23?,25?,27-,28+,29+,30+/m0/s1. The highest BCUT2D eigenvalue weighted by Crippen LogP contribution is 2.77. The minimum Gasteiger partial charge on any atom is -0.411 e. The molecule has 0 aromatic heterocycles. The van der Waals surface area contributed by atoms with Gasteiger partial charge in [-0.2, -0.15) is 0 Å². The zero-order chi connectivity index (χ0) is 24.0. The summed E-state index contributed by atoms with van der Waals surface area (Å²) in [6.45, 7) is 19.3. The molecule has 0 spiro atoms. The fourth-order valence-electron chi connectivity index (χ4n) is 11.4. The average Bonchev–Trinajstić information content (AvgIpc) is 3.14. The molecule has 5 aliphatic carbocycles. The maximum absolute atomic E-state index is 9.75. The average molecular weight is 453 g/mol. The maximum atomic E-state index is 9.75. The molecule has 0 aromatic rings. The monoisotopic (exact) mass is 452 g/mol. The van der Waals surface area contributed by atoms with Gasteiger partial charge in [0, 0.05) is 17.0 Å². The third-order valence-electron chi connectivity index (χ3n) is 13.3. The van der Waals surface area contributed by atoms with Gasteiger partial charge in [-0.1, -0.05) is 51.9 Å². The van der Waals surface area contributed by atoms with Crippen LogP contribution in [0.5, 0.6) is 0 Å². The molecule has 5 saturated carbocycles. The number of oxime groups is 1. The lowest BCUT2D eigenvalue weighted by Crippen LogP contribution is -2.66. The Labute approximate surface area is 202 Å². The molecule has 0 bridgehead atoms. The van der Waals surface area contributed by atoms with Gasteiger partial charge in [-0.3, -0.25) is 0 Å². The Morgan fingerprint density at radius 3 is 2.30 bits per heavy atom. The number of rotatable bonds is 2. The quantitative estimate of drug-likeness (QED) is 0.189. The van der Waals surface area contributed by atoms with Crippen molar-refractivity contribution in [3.8, 4) is 0 Å². The van der Waals surface area contributed by atoms with Crippen LogP contribution in [0.15, 0.2) is 17.3 Å². The molecule has 184 valence electrons. The number of hydrogen-bond acceptors (Lipinski definition) is 3. The van der Waals surface area contributed by atoms with E-state index < -0.39 is 0 Å². The normalized spacial score (nSPS) is 54.0. The Kier molecular flexibility index (Phi) is 5.15. The Morgan fingerprint density at radius 1 is 0.939 bits per heavy atom. The van der Waals surface area contributed by atoms with Gasteiger partial charge >= 0.3 is 0 Å². The first-order valence-electron chi connectivity index (χ1n) is 13.8. The van der Waals surface area contributed by atoms with Crippen LogP contribution < -0.4 is 0 Å². The molecule has 3 heteroatoms. The highest BCUT2D eigenvalue weighted by atomic mass is 16.4. The Balaban J connectivity index is 1.56. The van der Waals surface area contributed by atoms with Crippen LogP contribution in [0.2, 0.25) is 0 Å². The summed E-state index contributed by atoms with van der Waals surface area (Å²) in [7, 11) is 0. The van der Waals surface area contributed by atoms with E-state index in [0.717, 1.165) is 18.1 Å². The van der Waals surface area contributed by atoms with Gasteiger partial charge in [-0.25, -0.2) is 0 Å². The van der Waals surface area contributed by atoms with Crippen LogP contribution in [0.3, 0.4) is 0 Å². The predicted octanol–water partition coefficient (Wildman–Crippen LogP) is 8.12.